The number of aromatic nitrogens is 2. The maximum atomic E-state index is 6.34. The van der Waals surface area contributed by atoms with E-state index in [2.05, 4.69) is 130 Å². The van der Waals surface area contributed by atoms with E-state index >= 15 is 0 Å². The number of hydrogen-bond acceptors (Lipinski definition) is 4. The van der Waals surface area contributed by atoms with Gasteiger partial charge in [-0.3, -0.25) is 0 Å². The average molecular weight is 787 g/mol. The van der Waals surface area contributed by atoms with Crippen molar-refractivity contribution in [3.63, 3.8) is 0 Å². The van der Waals surface area contributed by atoms with Crippen molar-refractivity contribution in [1.82, 2.24) is 14.5 Å². The summed E-state index contributed by atoms with van der Waals surface area (Å²) in [6, 6.07) is 31.3. The number of pyridine rings is 1. The van der Waals surface area contributed by atoms with E-state index in [1.807, 2.05) is 48.7 Å². The van der Waals surface area contributed by atoms with Gasteiger partial charge >= 0.3 is 0 Å². The van der Waals surface area contributed by atoms with Crippen molar-refractivity contribution in [2.24, 2.45) is 16.7 Å². The molecule has 1 atom stereocenters. The molecule has 1 aliphatic carbocycles. The van der Waals surface area contributed by atoms with Crippen LogP contribution in [0.15, 0.2) is 115 Å². The summed E-state index contributed by atoms with van der Waals surface area (Å²) in [7, 11) is 0. The van der Waals surface area contributed by atoms with Gasteiger partial charge in [-0.15, -0.1) is 48.8 Å². The van der Waals surface area contributed by atoms with E-state index in [1.165, 1.54) is 11.3 Å². The van der Waals surface area contributed by atoms with Gasteiger partial charge in [0.15, 0.2) is 0 Å². The predicted octanol–water partition coefficient (Wildman–Crippen LogP) is 10.2. The number of rotatable bonds is 5. The first-order valence-corrected chi connectivity index (χ1v) is 15.6. The van der Waals surface area contributed by atoms with Crippen LogP contribution in [0.1, 0.15) is 48.0 Å². The minimum absolute atomic E-state index is 0. The number of fused-ring (bicyclic) bond motifs is 3. The summed E-state index contributed by atoms with van der Waals surface area (Å²) >= 11 is 0. The fourth-order valence-electron chi connectivity index (χ4n) is 6.11. The van der Waals surface area contributed by atoms with E-state index < -0.39 is 0 Å². The van der Waals surface area contributed by atoms with Crippen LogP contribution >= 0.6 is 0 Å². The number of allylic oxidation sites excluding steroid dienone is 3. The monoisotopic (exact) mass is 786 g/mol. The third kappa shape index (κ3) is 6.18. The first kappa shape index (κ1) is 31.9. The Morgan fingerprint density at radius 1 is 0.783 bits per heavy atom. The summed E-state index contributed by atoms with van der Waals surface area (Å²) in [6.45, 7) is 16.0. The fourth-order valence-corrected chi connectivity index (χ4v) is 6.11. The van der Waals surface area contributed by atoms with Gasteiger partial charge in [0.05, 0.1) is 5.52 Å². The molecule has 3 heterocycles. The number of hydrogen-bond donors (Lipinski definition) is 0. The Bertz CT molecular complexity index is 1940. The smallest absolute Gasteiger partial charge is 0.143 e. The van der Waals surface area contributed by atoms with Crippen molar-refractivity contribution in [2.45, 2.75) is 48.0 Å². The van der Waals surface area contributed by atoms with Crippen molar-refractivity contribution in [3.8, 4) is 17.2 Å². The van der Waals surface area contributed by atoms with Crippen LogP contribution in [0.3, 0.4) is 0 Å². The van der Waals surface area contributed by atoms with Crippen LogP contribution in [0, 0.1) is 35.5 Å². The molecule has 1 unspecified atom stereocenters. The van der Waals surface area contributed by atoms with Crippen LogP contribution in [0.4, 0.5) is 5.69 Å². The molecule has 0 fully saturated rings. The number of ether oxygens (including phenoxy) is 1. The van der Waals surface area contributed by atoms with Crippen molar-refractivity contribution in [2.75, 3.05) is 4.90 Å². The Morgan fingerprint density at radius 3 is 2.20 bits per heavy atom. The Morgan fingerprint density at radius 2 is 1.46 bits per heavy atom. The minimum Gasteiger partial charge on any atom is -0.509 e. The maximum Gasteiger partial charge on any atom is 0.143 e. The third-order valence-corrected chi connectivity index (χ3v) is 8.82. The minimum atomic E-state index is 0. The molecule has 3 aromatic carbocycles. The molecule has 0 bridgehead atoms. The van der Waals surface area contributed by atoms with E-state index in [9.17, 15) is 0 Å². The van der Waals surface area contributed by atoms with Crippen LogP contribution in [-0.4, -0.2) is 14.5 Å². The van der Waals surface area contributed by atoms with Crippen molar-refractivity contribution in [3.05, 3.63) is 134 Å². The molecule has 2 aromatic heterocycles. The van der Waals surface area contributed by atoms with Gasteiger partial charge in [0.2, 0.25) is 0 Å². The molecule has 6 heteroatoms. The summed E-state index contributed by atoms with van der Waals surface area (Å²) in [4.78, 5) is 9.00. The summed E-state index contributed by atoms with van der Waals surface area (Å²) < 4.78 is 8.48. The average Bonchev–Trinajstić information content (AvgIpc) is 3.64. The normalized spacial score (nSPS) is 16.9. The molecular formula is C40H39N4OPt-3. The Hall–Kier alpha value is -4.08. The van der Waals surface area contributed by atoms with E-state index in [0.717, 1.165) is 39.7 Å². The Labute approximate surface area is 287 Å². The first-order chi connectivity index (χ1) is 21.5. The maximum absolute atomic E-state index is 6.34. The van der Waals surface area contributed by atoms with E-state index in [4.69, 9.17) is 9.72 Å². The Kier molecular flexibility index (Phi) is 8.50. The van der Waals surface area contributed by atoms with Gasteiger partial charge in [-0.1, -0.05) is 77.1 Å². The zero-order valence-corrected chi connectivity index (χ0v) is 29.5. The topological polar surface area (TPSA) is 33.5 Å². The molecule has 1 aliphatic heterocycles. The van der Waals surface area contributed by atoms with Crippen molar-refractivity contribution >= 4 is 27.6 Å². The molecule has 0 saturated carbocycles. The Balaban J connectivity index is 0.00000372. The van der Waals surface area contributed by atoms with Crippen molar-refractivity contribution in [1.29, 1.82) is 0 Å². The predicted molar refractivity (Wildman–Crippen MR) is 184 cm³/mol. The summed E-state index contributed by atoms with van der Waals surface area (Å²) in [6.07, 6.45) is 11.9. The summed E-state index contributed by atoms with van der Waals surface area (Å²) in [5.74, 6) is 1.71. The molecular weight excluding hydrogens is 748 g/mol. The molecule has 238 valence electrons. The second kappa shape index (κ2) is 12.3. The van der Waals surface area contributed by atoms with E-state index in [1.54, 1.807) is 0 Å². The van der Waals surface area contributed by atoms with Gasteiger partial charge in [-0.05, 0) is 59.8 Å². The summed E-state index contributed by atoms with van der Waals surface area (Å²) in [5.41, 5.74) is 6.76. The first-order valence-electron chi connectivity index (χ1n) is 15.6. The molecule has 46 heavy (non-hydrogen) atoms. The molecule has 7 rings (SSSR count). The zero-order chi connectivity index (χ0) is 31.3. The second-order valence-electron chi connectivity index (χ2n) is 14.0. The second-order valence-corrected chi connectivity index (χ2v) is 14.0. The molecule has 5 aromatic rings. The van der Waals surface area contributed by atoms with E-state index in [-0.39, 0.29) is 31.9 Å². The van der Waals surface area contributed by atoms with Crippen LogP contribution in [0.5, 0.6) is 11.5 Å². The third-order valence-electron chi connectivity index (χ3n) is 8.82. The standard InChI is InChI=1S/C40H39N4O.Pt/c1-39(2,3)28-22-29(40(4,5)6)24-32(23-28)43-21-20-42(27-43)30-12-9-14-33(25-30)45-34-15-10-13-31(26-34)44-37-18-8-7-16-35(37)36-17-11-19-41-38(36)44;/h7-21,23-24,27-28H,22H2,1-6H3;/q-3;. The quantitative estimate of drug-likeness (QED) is 0.166. The fraction of sp³-hybridized carbons (Fsp3) is 0.250. The molecule has 0 N–H and O–H groups in total. The number of benzene rings is 3. The van der Waals surface area contributed by atoms with Crippen LogP contribution in [0.25, 0.3) is 27.6 Å². The summed E-state index contributed by atoms with van der Waals surface area (Å²) in [5, 5.41) is 2.27. The van der Waals surface area contributed by atoms with Gasteiger partial charge in [-0.25, -0.2) is 4.98 Å². The SMILES string of the molecule is CC(C)(C)C1=CC(N2C=CN(c3[c-]c(Oc4[c-]c(-n5c6ccccc6c6cccnc65)ccc4)ccc3)[CH-]2)=CC(C(C)(C)C)C1.[Pt]. The van der Waals surface area contributed by atoms with Gasteiger partial charge in [0, 0.05) is 55.2 Å². The molecule has 0 radical (unpaired) electrons. The van der Waals surface area contributed by atoms with Gasteiger partial charge in [0.1, 0.15) is 5.65 Å². The largest absolute Gasteiger partial charge is 0.509 e. The van der Waals surface area contributed by atoms with Gasteiger partial charge in [0.25, 0.3) is 0 Å². The van der Waals surface area contributed by atoms with Crippen LogP contribution in [-0.2, 0) is 21.1 Å². The van der Waals surface area contributed by atoms with E-state index in [0.29, 0.717) is 17.4 Å². The molecule has 0 spiro atoms. The molecule has 0 saturated heterocycles. The molecule has 5 nitrogen and oxygen atoms in total. The number of anilines is 1. The molecule has 0 amide bonds. The van der Waals surface area contributed by atoms with Crippen LogP contribution < -0.4 is 9.64 Å². The van der Waals surface area contributed by atoms with Crippen molar-refractivity contribution < 1.29 is 25.8 Å². The van der Waals surface area contributed by atoms with Gasteiger partial charge < -0.3 is 19.1 Å². The van der Waals surface area contributed by atoms with Gasteiger partial charge in [-0.2, -0.15) is 12.1 Å². The number of para-hydroxylation sites is 1. The zero-order valence-electron chi connectivity index (χ0n) is 27.2. The van der Waals surface area contributed by atoms with Crippen LogP contribution in [0.2, 0.25) is 0 Å². The number of nitrogens with zero attached hydrogens (tertiary/aromatic N) is 4. The molecule has 2 aliphatic rings.